The molecule has 4 aromatic carbocycles. The summed E-state index contributed by atoms with van der Waals surface area (Å²) < 4.78 is 11.3. The summed E-state index contributed by atoms with van der Waals surface area (Å²) in [4.78, 5) is 39.4. The number of hydrogen-bond donors (Lipinski definition) is 3. The number of halogens is 1. The average Bonchev–Trinajstić information content (AvgIpc) is 3.00. The highest BCUT2D eigenvalue weighted by molar-refractivity contribution is 9.10. The number of hydrogen-bond acceptors (Lipinski definition) is 6. The zero-order valence-corrected chi connectivity index (χ0v) is 25.3. The Balaban J connectivity index is 1.39. The summed E-state index contributed by atoms with van der Waals surface area (Å²) in [6, 6.07) is 28.3. The van der Waals surface area contributed by atoms with Crippen molar-refractivity contribution in [3.63, 3.8) is 0 Å². The Morgan fingerprint density at radius 1 is 0.786 bits per heavy atom. The van der Waals surface area contributed by atoms with Gasteiger partial charge in [-0.25, -0.2) is 0 Å². The number of nitrogens with one attached hydrogen (secondary N) is 3. The lowest BCUT2D eigenvalue weighted by molar-refractivity contribution is -0.114. The first-order valence-corrected chi connectivity index (χ1v) is 14.5. The summed E-state index contributed by atoms with van der Waals surface area (Å²) in [5.74, 6) is 0.255. The first kappa shape index (κ1) is 30.4. The van der Waals surface area contributed by atoms with Crippen molar-refractivity contribution in [2.75, 3.05) is 30.6 Å². The lowest BCUT2D eigenvalue weighted by Crippen LogP contribution is -2.30. The van der Waals surface area contributed by atoms with Crippen LogP contribution in [0.15, 0.2) is 112 Å². The van der Waals surface area contributed by atoms with Crippen LogP contribution < -0.4 is 25.4 Å². The van der Waals surface area contributed by atoms with Crippen molar-refractivity contribution in [3.05, 3.63) is 118 Å². The second kappa shape index (κ2) is 14.9. The Bertz CT molecular complexity index is 1570. The molecule has 42 heavy (non-hydrogen) atoms. The van der Waals surface area contributed by atoms with Crippen LogP contribution >= 0.6 is 27.7 Å². The van der Waals surface area contributed by atoms with Gasteiger partial charge in [0.1, 0.15) is 17.2 Å². The Morgan fingerprint density at radius 3 is 2.12 bits per heavy atom. The van der Waals surface area contributed by atoms with E-state index in [0.717, 1.165) is 14.9 Å². The van der Waals surface area contributed by atoms with E-state index in [4.69, 9.17) is 9.47 Å². The summed E-state index contributed by atoms with van der Waals surface area (Å²) in [5, 5.41) is 8.41. The first-order chi connectivity index (χ1) is 20.3. The van der Waals surface area contributed by atoms with Crippen LogP contribution in [0.1, 0.15) is 15.9 Å². The summed E-state index contributed by atoms with van der Waals surface area (Å²) in [7, 11) is 3.09. The number of methoxy groups -OCH3 is 2. The quantitative estimate of drug-likeness (QED) is 0.125. The smallest absolute Gasteiger partial charge is 0.272 e. The number of thioether (sulfide) groups is 1. The van der Waals surface area contributed by atoms with E-state index in [1.165, 1.54) is 11.8 Å². The molecule has 4 aromatic rings. The molecule has 214 valence electrons. The van der Waals surface area contributed by atoms with Gasteiger partial charge in [0, 0.05) is 44.5 Å². The van der Waals surface area contributed by atoms with Crippen LogP contribution in [-0.4, -0.2) is 37.7 Å². The zero-order valence-electron chi connectivity index (χ0n) is 22.8. The summed E-state index contributed by atoms with van der Waals surface area (Å²) >= 11 is 4.78. The molecule has 0 aromatic heterocycles. The maximum atomic E-state index is 13.3. The molecule has 0 heterocycles. The Labute approximate surface area is 256 Å². The van der Waals surface area contributed by atoms with E-state index in [1.807, 2.05) is 42.5 Å². The molecule has 0 spiro atoms. The number of carbonyl (C=O) groups is 3. The Hall–Kier alpha value is -4.54. The molecular weight excluding hydrogens is 618 g/mol. The van der Waals surface area contributed by atoms with Crippen LogP contribution in [0.3, 0.4) is 0 Å². The van der Waals surface area contributed by atoms with E-state index in [1.54, 1.807) is 74.9 Å². The molecule has 0 saturated heterocycles. The fraction of sp³-hybridized carbons (Fsp3) is 0.0938. The number of anilines is 2. The number of ether oxygens (including phenoxy) is 2. The highest BCUT2D eigenvalue weighted by Gasteiger charge is 2.15. The van der Waals surface area contributed by atoms with Gasteiger partial charge in [-0.15, -0.1) is 11.8 Å². The molecule has 3 N–H and O–H groups in total. The molecule has 10 heteroatoms. The second-order valence-electron chi connectivity index (χ2n) is 8.85. The Morgan fingerprint density at radius 2 is 1.48 bits per heavy atom. The van der Waals surface area contributed by atoms with Crippen molar-refractivity contribution in [1.82, 2.24) is 5.32 Å². The lowest BCUT2D eigenvalue weighted by Gasteiger charge is -2.12. The van der Waals surface area contributed by atoms with E-state index in [0.29, 0.717) is 28.4 Å². The molecule has 0 aliphatic rings. The van der Waals surface area contributed by atoms with Gasteiger partial charge in [-0.1, -0.05) is 46.3 Å². The van der Waals surface area contributed by atoms with Gasteiger partial charge in [-0.05, 0) is 60.2 Å². The van der Waals surface area contributed by atoms with E-state index in [2.05, 4.69) is 31.9 Å². The standard InChI is InChI=1S/C32H28BrN3O5S/c1-40-26-17-25(18-27(19-26)41-2)34-30(37)20-42-28-13-11-24(12-14-28)35-32(39)29(16-21-7-6-10-23(33)15-21)36-31(38)22-8-4-3-5-9-22/h3-19H,20H2,1-2H3,(H,34,37)(H,35,39)(H,36,38)/b29-16-. The number of rotatable bonds is 11. The fourth-order valence-corrected chi connectivity index (χ4v) is 4.88. The van der Waals surface area contributed by atoms with Crippen molar-refractivity contribution in [2.45, 2.75) is 4.90 Å². The fourth-order valence-electron chi connectivity index (χ4n) is 3.76. The third-order valence-corrected chi connectivity index (χ3v) is 7.31. The van der Waals surface area contributed by atoms with Crippen LogP contribution in [-0.2, 0) is 9.59 Å². The van der Waals surface area contributed by atoms with Gasteiger partial charge in [-0.3, -0.25) is 14.4 Å². The maximum absolute atomic E-state index is 13.3. The largest absolute Gasteiger partial charge is 0.497 e. The number of carbonyl (C=O) groups excluding carboxylic acids is 3. The van der Waals surface area contributed by atoms with Gasteiger partial charge in [0.25, 0.3) is 11.8 Å². The molecule has 3 amide bonds. The predicted molar refractivity (Wildman–Crippen MR) is 170 cm³/mol. The van der Waals surface area contributed by atoms with Crippen LogP contribution in [0.25, 0.3) is 6.08 Å². The first-order valence-electron chi connectivity index (χ1n) is 12.7. The van der Waals surface area contributed by atoms with Crippen molar-refractivity contribution < 1.29 is 23.9 Å². The van der Waals surface area contributed by atoms with Gasteiger partial charge in [-0.2, -0.15) is 0 Å². The minimum absolute atomic E-state index is 0.0891. The number of benzene rings is 4. The third kappa shape index (κ3) is 8.98. The molecule has 0 radical (unpaired) electrons. The minimum Gasteiger partial charge on any atom is -0.497 e. The molecule has 0 bridgehead atoms. The molecule has 0 saturated carbocycles. The van der Waals surface area contributed by atoms with Crippen LogP contribution in [0.4, 0.5) is 11.4 Å². The van der Waals surface area contributed by atoms with Crippen molar-refractivity contribution in [3.8, 4) is 11.5 Å². The molecular formula is C32H28BrN3O5S. The van der Waals surface area contributed by atoms with Crippen LogP contribution in [0.5, 0.6) is 11.5 Å². The normalized spacial score (nSPS) is 10.9. The highest BCUT2D eigenvalue weighted by Crippen LogP contribution is 2.27. The molecule has 4 rings (SSSR count). The van der Waals surface area contributed by atoms with E-state index in [-0.39, 0.29) is 17.4 Å². The topological polar surface area (TPSA) is 106 Å². The SMILES string of the molecule is COc1cc(NC(=O)CSc2ccc(NC(=O)/C(=C/c3cccc(Br)c3)NC(=O)c3ccccc3)cc2)cc(OC)c1. The van der Waals surface area contributed by atoms with Gasteiger partial charge < -0.3 is 25.4 Å². The monoisotopic (exact) mass is 645 g/mol. The summed E-state index contributed by atoms with van der Waals surface area (Å²) in [6.45, 7) is 0. The van der Waals surface area contributed by atoms with Crippen molar-refractivity contribution in [2.24, 2.45) is 0 Å². The molecule has 0 fully saturated rings. The minimum atomic E-state index is -0.479. The molecule has 0 aliphatic carbocycles. The zero-order chi connectivity index (χ0) is 29.9. The van der Waals surface area contributed by atoms with Crippen molar-refractivity contribution >= 4 is 62.9 Å². The van der Waals surface area contributed by atoms with E-state index < -0.39 is 11.8 Å². The molecule has 0 atom stereocenters. The molecule has 0 unspecified atom stereocenters. The molecule has 0 aliphatic heterocycles. The highest BCUT2D eigenvalue weighted by atomic mass is 79.9. The lowest BCUT2D eigenvalue weighted by atomic mass is 10.1. The van der Waals surface area contributed by atoms with Gasteiger partial charge in [0.2, 0.25) is 5.91 Å². The van der Waals surface area contributed by atoms with Gasteiger partial charge in [0.15, 0.2) is 0 Å². The van der Waals surface area contributed by atoms with Crippen LogP contribution in [0, 0.1) is 0 Å². The van der Waals surface area contributed by atoms with Gasteiger partial charge >= 0.3 is 0 Å². The Kier molecular flexibility index (Phi) is 10.8. The van der Waals surface area contributed by atoms with E-state index in [9.17, 15) is 14.4 Å². The number of amides is 3. The molecule has 8 nitrogen and oxygen atoms in total. The average molecular weight is 647 g/mol. The van der Waals surface area contributed by atoms with Crippen molar-refractivity contribution in [1.29, 1.82) is 0 Å². The van der Waals surface area contributed by atoms with Gasteiger partial charge in [0.05, 0.1) is 20.0 Å². The maximum Gasteiger partial charge on any atom is 0.272 e. The predicted octanol–water partition coefficient (Wildman–Crippen LogP) is 6.61. The summed E-state index contributed by atoms with van der Waals surface area (Å²) in [6.07, 6.45) is 1.61. The van der Waals surface area contributed by atoms with E-state index >= 15 is 0 Å². The summed E-state index contributed by atoms with van der Waals surface area (Å²) in [5.41, 5.74) is 2.36. The third-order valence-electron chi connectivity index (χ3n) is 5.81. The van der Waals surface area contributed by atoms with Crippen LogP contribution in [0.2, 0.25) is 0 Å². The second-order valence-corrected chi connectivity index (χ2v) is 10.8.